The van der Waals surface area contributed by atoms with Gasteiger partial charge in [-0.2, -0.15) is 5.10 Å². The molecule has 27 heavy (non-hydrogen) atoms. The number of nitrogens with zero attached hydrogens (tertiary/aromatic N) is 2. The molecule has 0 aromatic heterocycles. The average Bonchev–Trinajstić information content (AvgIpc) is 3.09. The fourth-order valence-electron chi connectivity index (χ4n) is 2.64. The molecule has 0 aliphatic carbocycles. The predicted octanol–water partition coefficient (Wildman–Crippen LogP) is 3.98. The number of hydrogen-bond donors (Lipinski definition) is 0. The Bertz CT molecular complexity index is 896. The second kappa shape index (κ2) is 7.26. The number of carbonyl (C=O) groups excluding carboxylic acids is 1. The Hall–Kier alpha value is -3.10. The Kier molecular flexibility index (Phi) is 5.02. The van der Waals surface area contributed by atoms with E-state index in [0.717, 1.165) is 17.1 Å². The quantitative estimate of drug-likeness (QED) is 0.752. The van der Waals surface area contributed by atoms with Crippen LogP contribution in [0.4, 0.5) is 17.6 Å². The van der Waals surface area contributed by atoms with E-state index in [1.165, 1.54) is 37.4 Å². The molecule has 0 saturated carbocycles. The summed E-state index contributed by atoms with van der Waals surface area (Å²) < 4.78 is 60.4. The van der Waals surface area contributed by atoms with Crippen LogP contribution in [0, 0.1) is 5.82 Å². The van der Waals surface area contributed by atoms with Crippen molar-refractivity contribution in [3.63, 3.8) is 0 Å². The lowest BCUT2D eigenvalue weighted by molar-refractivity contribution is -0.274. The third-order valence-corrected chi connectivity index (χ3v) is 3.83. The highest BCUT2D eigenvalue weighted by atomic mass is 19.4. The zero-order valence-corrected chi connectivity index (χ0v) is 14.1. The van der Waals surface area contributed by atoms with E-state index < -0.39 is 23.8 Å². The lowest BCUT2D eigenvalue weighted by Crippen LogP contribution is -2.23. The van der Waals surface area contributed by atoms with E-state index in [-0.39, 0.29) is 35.6 Å². The van der Waals surface area contributed by atoms with Crippen LogP contribution in [-0.4, -0.2) is 36.6 Å². The van der Waals surface area contributed by atoms with Crippen LogP contribution in [0.5, 0.6) is 11.5 Å². The molecule has 2 aromatic carbocycles. The van der Waals surface area contributed by atoms with Crippen LogP contribution in [0.15, 0.2) is 47.6 Å². The molecule has 0 bridgehead atoms. The molecule has 1 heterocycles. The number of halogens is 4. The van der Waals surface area contributed by atoms with Gasteiger partial charge in [0.1, 0.15) is 17.3 Å². The number of benzene rings is 2. The van der Waals surface area contributed by atoms with E-state index >= 15 is 0 Å². The normalized spacial score (nSPS) is 14.1. The molecule has 9 heteroatoms. The third-order valence-electron chi connectivity index (χ3n) is 3.83. The van der Waals surface area contributed by atoms with Crippen molar-refractivity contribution in [1.82, 2.24) is 5.01 Å². The number of alkyl halides is 3. The number of rotatable bonds is 4. The van der Waals surface area contributed by atoms with Crippen LogP contribution in [-0.2, 0) is 0 Å². The summed E-state index contributed by atoms with van der Waals surface area (Å²) in [5.74, 6) is -1.40. The van der Waals surface area contributed by atoms with Gasteiger partial charge in [-0.05, 0) is 30.3 Å². The van der Waals surface area contributed by atoms with Crippen molar-refractivity contribution in [3.8, 4) is 11.5 Å². The summed E-state index contributed by atoms with van der Waals surface area (Å²) in [4.78, 5) is 12.4. The molecule has 0 saturated heterocycles. The van der Waals surface area contributed by atoms with Crippen LogP contribution >= 0.6 is 0 Å². The van der Waals surface area contributed by atoms with Gasteiger partial charge in [-0.1, -0.05) is 6.07 Å². The Balaban J connectivity index is 1.90. The maximum Gasteiger partial charge on any atom is 0.573 e. The summed E-state index contributed by atoms with van der Waals surface area (Å²) in [6.45, 7) is 0.155. The summed E-state index contributed by atoms with van der Waals surface area (Å²) in [5.41, 5.74) is 0.450. The van der Waals surface area contributed by atoms with E-state index in [9.17, 15) is 22.4 Å². The molecular formula is C18H14F4N2O3. The van der Waals surface area contributed by atoms with E-state index in [2.05, 4.69) is 9.84 Å². The number of ether oxygens (including phenoxy) is 2. The molecule has 0 fully saturated rings. The van der Waals surface area contributed by atoms with Gasteiger partial charge in [0.15, 0.2) is 0 Å². The van der Waals surface area contributed by atoms with Crippen LogP contribution in [0.1, 0.15) is 22.3 Å². The molecule has 0 radical (unpaired) electrons. The van der Waals surface area contributed by atoms with Crippen molar-refractivity contribution < 1.29 is 31.8 Å². The monoisotopic (exact) mass is 382 g/mol. The molecule has 0 atom stereocenters. The minimum atomic E-state index is -4.89. The maximum atomic E-state index is 13.3. The van der Waals surface area contributed by atoms with Gasteiger partial charge >= 0.3 is 6.36 Å². The van der Waals surface area contributed by atoms with Crippen LogP contribution in [0.2, 0.25) is 0 Å². The highest BCUT2D eigenvalue weighted by Crippen LogP contribution is 2.32. The first-order valence-electron chi connectivity index (χ1n) is 7.86. The molecule has 1 aliphatic heterocycles. The Morgan fingerprint density at radius 1 is 1.19 bits per heavy atom. The maximum absolute atomic E-state index is 13.3. The molecule has 0 N–H and O–H groups in total. The molecule has 3 rings (SSSR count). The number of methoxy groups -OCH3 is 1. The fraction of sp³-hybridized carbons (Fsp3) is 0.222. The topological polar surface area (TPSA) is 51.1 Å². The predicted molar refractivity (Wildman–Crippen MR) is 88.3 cm³/mol. The molecule has 1 aliphatic rings. The van der Waals surface area contributed by atoms with E-state index in [1.54, 1.807) is 0 Å². The first-order chi connectivity index (χ1) is 12.8. The minimum Gasteiger partial charge on any atom is -0.497 e. The molecule has 0 unspecified atom stereocenters. The summed E-state index contributed by atoms with van der Waals surface area (Å²) in [7, 11) is 1.32. The second-order valence-electron chi connectivity index (χ2n) is 5.65. The average molecular weight is 382 g/mol. The highest BCUT2D eigenvalue weighted by molar-refractivity contribution is 6.06. The summed E-state index contributed by atoms with van der Waals surface area (Å²) in [6.07, 6.45) is -4.67. The van der Waals surface area contributed by atoms with Crippen molar-refractivity contribution in [2.24, 2.45) is 5.10 Å². The van der Waals surface area contributed by atoms with Gasteiger partial charge in [-0.25, -0.2) is 9.40 Å². The van der Waals surface area contributed by atoms with E-state index in [0.29, 0.717) is 0 Å². The third kappa shape index (κ3) is 4.36. The lowest BCUT2D eigenvalue weighted by Gasteiger charge is -2.14. The lowest BCUT2D eigenvalue weighted by atomic mass is 10.1. The second-order valence-corrected chi connectivity index (χ2v) is 5.65. The Morgan fingerprint density at radius 2 is 1.96 bits per heavy atom. The first kappa shape index (κ1) is 18.7. The zero-order chi connectivity index (χ0) is 19.6. The molecule has 5 nitrogen and oxygen atoms in total. The van der Waals surface area contributed by atoms with Gasteiger partial charge in [0.25, 0.3) is 5.91 Å². The van der Waals surface area contributed by atoms with Crippen molar-refractivity contribution in [1.29, 1.82) is 0 Å². The Morgan fingerprint density at radius 3 is 2.63 bits per heavy atom. The van der Waals surface area contributed by atoms with Crippen molar-refractivity contribution in [3.05, 3.63) is 59.4 Å². The first-order valence-corrected chi connectivity index (χ1v) is 7.86. The fourth-order valence-corrected chi connectivity index (χ4v) is 2.64. The number of hydrazone groups is 1. The molecule has 142 valence electrons. The van der Waals surface area contributed by atoms with E-state index in [4.69, 9.17) is 4.74 Å². The van der Waals surface area contributed by atoms with Gasteiger partial charge < -0.3 is 9.47 Å². The van der Waals surface area contributed by atoms with Crippen molar-refractivity contribution in [2.75, 3.05) is 13.7 Å². The van der Waals surface area contributed by atoms with Crippen molar-refractivity contribution >= 4 is 11.6 Å². The Labute approximate surface area is 151 Å². The summed E-state index contributed by atoms with van der Waals surface area (Å²) >= 11 is 0. The summed E-state index contributed by atoms with van der Waals surface area (Å²) in [5, 5.41) is 5.19. The number of hydrogen-bond acceptors (Lipinski definition) is 4. The van der Waals surface area contributed by atoms with Crippen LogP contribution < -0.4 is 9.47 Å². The largest absolute Gasteiger partial charge is 0.573 e. The number of amides is 1. The molecule has 2 aromatic rings. The molecule has 0 spiro atoms. The van der Waals surface area contributed by atoms with Crippen molar-refractivity contribution in [2.45, 2.75) is 12.8 Å². The smallest absolute Gasteiger partial charge is 0.497 e. The van der Waals surface area contributed by atoms with Gasteiger partial charge in [-0.3, -0.25) is 4.79 Å². The molecular weight excluding hydrogens is 368 g/mol. The molecule has 1 amide bonds. The van der Waals surface area contributed by atoms with Gasteiger partial charge in [-0.15, -0.1) is 13.2 Å². The van der Waals surface area contributed by atoms with Gasteiger partial charge in [0.2, 0.25) is 0 Å². The standard InChI is InChI=1S/C18H14F4N2O3/c1-26-13-5-6-14(16(10-13)27-18(20,21)22)15-7-8-24(23-15)17(25)11-3-2-4-12(19)9-11/h2-6,9-10H,7-8H2,1H3. The van der Waals surface area contributed by atoms with E-state index in [1.807, 2.05) is 0 Å². The SMILES string of the molecule is COc1ccc(C2=NN(C(=O)c3cccc(F)c3)CC2)c(OC(F)(F)F)c1. The van der Waals surface area contributed by atoms with Crippen LogP contribution in [0.25, 0.3) is 0 Å². The van der Waals surface area contributed by atoms with Crippen LogP contribution in [0.3, 0.4) is 0 Å². The zero-order valence-electron chi connectivity index (χ0n) is 14.1. The van der Waals surface area contributed by atoms with Gasteiger partial charge in [0.05, 0.1) is 19.4 Å². The highest BCUT2D eigenvalue weighted by Gasteiger charge is 2.34. The summed E-state index contributed by atoms with van der Waals surface area (Å²) in [6, 6.07) is 9.05. The van der Waals surface area contributed by atoms with Gasteiger partial charge in [0, 0.05) is 23.6 Å². The minimum absolute atomic E-state index is 0.0986. The number of carbonyl (C=O) groups is 1.